The maximum absolute atomic E-state index is 10.7. The molecule has 13 heavy (non-hydrogen) atoms. The fourth-order valence-electron chi connectivity index (χ4n) is 0.585. The van der Waals surface area contributed by atoms with Crippen molar-refractivity contribution in [2.45, 2.75) is 18.9 Å². The highest BCUT2D eigenvalue weighted by atomic mass is 17.3. The van der Waals surface area contributed by atoms with Crippen molar-refractivity contribution in [3.8, 4) is 0 Å². The van der Waals surface area contributed by atoms with Crippen LogP contribution in [-0.2, 0) is 14.7 Å². The Labute approximate surface area is 73.8 Å². The van der Waals surface area contributed by atoms with E-state index in [9.17, 15) is 14.9 Å². The van der Waals surface area contributed by atoms with E-state index in [2.05, 4.69) is 9.88 Å². The van der Waals surface area contributed by atoms with E-state index in [4.69, 9.17) is 11.5 Å². The Kier molecular flexibility index (Phi) is 5.48. The van der Waals surface area contributed by atoms with Crippen molar-refractivity contribution in [2.24, 2.45) is 11.5 Å². The number of carbonyl (C=O) groups is 1. The molecule has 0 aliphatic carbocycles. The van der Waals surface area contributed by atoms with E-state index >= 15 is 0 Å². The van der Waals surface area contributed by atoms with Crippen LogP contribution in [0.5, 0.6) is 0 Å². The first-order chi connectivity index (χ1) is 6.07. The molecule has 0 amide bonds. The first-order valence-electron chi connectivity index (χ1n) is 3.56. The molecule has 0 saturated carbocycles. The van der Waals surface area contributed by atoms with Gasteiger partial charge in [-0.05, 0) is 19.4 Å². The molecular weight excluding hydrogens is 182 g/mol. The number of nitrogens with zero attached hydrogens (tertiary/aromatic N) is 1. The van der Waals surface area contributed by atoms with Gasteiger partial charge in [-0.25, -0.2) is 4.79 Å². The van der Waals surface area contributed by atoms with Crippen LogP contribution >= 0.6 is 0 Å². The zero-order valence-electron chi connectivity index (χ0n) is 6.84. The first-order valence-corrected chi connectivity index (χ1v) is 3.56. The summed E-state index contributed by atoms with van der Waals surface area (Å²) >= 11 is 0. The molecule has 0 aromatic heterocycles. The molecule has 0 bridgehead atoms. The third-order valence-electron chi connectivity index (χ3n) is 1.20. The van der Waals surface area contributed by atoms with Crippen LogP contribution in [0.3, 0.4) is 0 Å². The monoisotopic (exact) mass is 193 g/mol. The molecule has 0 rings (SSSR count). The lowest BCUT2D eigenvalue weighted by molar-refractivity contribution is -0.839. The number of nitrogens with two attached hydrogens (primary N) is 2. The summed E-state index contributed by atoms with van der Waals surface area (Å²) in [6.07, 6.45) is 0.838. The van der Waals surface area contributed by atoms with Gasteiger partial charge in [-0.1, -0.05) is 4.99 Å². The molecule has 8 nitrogen and oxygen atoms in total. The quantitative estimate of drug-likeness (QED) is 0.305. The third-order valence-corrected chi connectivity index (χ3v) is 1.20. The molecule has 8 heteroatoms. The lowest BCUT2D eigenvalue weighted by atomic mass is 10.2. The Morgan fingerprint density at radius 3 is 2.69 bits per heavy atom. The second kappa shape index (κ2) is 6.14. The average molecular weight is 193 g/mol. The summed E-state index contributed by atoms with van der Waals surface area (Å²) in [6, 6.07) is -0.941. The highest BCUT2D eigenvalue weighted by Gasteiger charge is 2.16. The van der Waals surface area contributed by atoms with Crippen LogP contribution in [0.2, 0.25) is 0 Å². The van der Waals surface area contributed by atoms with Crippen LogP contribution in [0.25, 0.3) is 0 Å². The van der Waals surface area contributed by atoms with E-state index < -0.39 is 17.1 Å². The molecule has 0 radical (unpaired) electrons. The molecule has 0 aromatic rings. The molecule has 1 unspecified atom stereocenters. The van der Waals surface area contributed by atoms with Gasteiger partial charge in [-0.2, -0.15) is 0 Å². The first kappa shape index (κ1) is 11.6. The minimum absolute atomic E-state index is 0.302. The predicted octanol–water partition coefficient (Wildman–Crippen LogP) is -1.28. The minimum Gasteiger partial charge on any atom is -0.330 e. The molecule has 4 N–H and O–H groups in total. The van der Waals surface area contributed by atoms with Gasteiger partial charge < -0.3 is 11.5 Å². The molecular formula is C5H11N3O5. The number of hydrogen-bond acceptors (Lipinski definition) is 7. The number of carbonyl (C=O) groups excluding carboxylic acids is 1. The van der Waals surface area contributed by atoms with Gasteiger partial charge in [0.1, 0.15) is 6.04 Å². The topological polar surface area (TPSA) is 131 Å². The Morgan fingerprint density at radius 1 is 1.62 bits per heavy atom. The molecule has 0 spiro atoms. The van der Waals surface area contributed by atoms with Crippen LogP contribution in [0.15, 0.2) is 0 Å². The third kappa shape index (κ3) is 5.82. The van der Waals surface area contributed by atoms with Gasteiger partial charge in [0.05, 0.1) is 0 Å². The second-order valence-electron chi connectivity index (χ2n) is 2.24. The van der Waals surface area contributed by atoms with Crippen molar-refractivity contribution in [2.75, 3.05) is 6.54 Å². The van der Waals surface area contributed by atoms with Crippen LogP contribution in [0.4, 0.5) is 0 Å². The zero-order valence-corrected chi connectivity index (χ0v) is 6.84. The summed E-state index contributed by atoms with van der Waals surface area (Å²) in [5, 5.41) is 8.34. The highest BCUT2D eigenvalue weighted by molar-refractivity contribution is 5.74. The lowest BCUT2D eigenvalue weighted by Gasteiger charge is -2.06. The smallest absolute Gasteiger partial charge is 0.330 e. The van der Waals surface area contributed by atoms with Gasteiger partial charge in [-0.15, -0.1) is 10.1 Å². The van der Waals surface area contributed by atoms with Gasteiger partial charge in [-0.3, -0.25) is 4.89 Å². The summed E-state index contributed by atoms with van der Waals surface area (Å²) in [4.78, 5) is 27.4. The van der Waals surface area contributed by atoms with Gasteiger partial charge >= 0.3 is 11.1 Å². The molecule has 1 atom stereocenters. The van der Waals surface area contributed by atoms with Crippen LogP contribution in [0, 0.1) is 10.1 Å². The average Bonchev–Trinajstić information content (AvgIpc) is 2.10. The molecule has 0 fully saturated rings. The van der Waals surface area contributed by atoms with E-state index in [0.717, 1.165) is 0 Å². The standard InChI is InChI=1S/C5H11N3O5/c6-3-1-2-4(7)5(9)12-13-8(10)11/h4H,1-3,6-7H2. The van der Waals surface area contributed by atoms with Crippen LogP contribution < -0.4 is 11.5 Å². The van der Waals surface area contributed by atoms with Crippen molar-refractivity contribution in [1.82, 2.24) is 0 Å². The second-order valence-corrected chi connectivity index (χ2v) is 2.24. The predicted molar refractivity (Wildman–Crippen MR) is 40.4 cm³/mol. The lowest BCUT2D eigenvalue weighted by Crippen LogP contribution is -2.33. The Balaban J connectivity index is 3.63. The normalized spacial score (nSPS) is 11.8. The van der Waals surface area contributed by atoms with E-state index in [1.54, 1.807) is 0 Å². The Bertz CT molecular complexity index is 185. The molecule has 76 valence electrons. The van der Waals surface area contributed by atoms with Crippen molar-refractivity contribution in [1.29, 1.82) is 0 Å². The van der Waals surface area contributed by atoms with Crippen molar-refractivity contribution in [3.05, 3.63) is 10.1 Å². The summed E-state index contributed by atoms with van der Waals surface area (Å²) < 4.78 is 0. The Morgan fingerprint density at radius 2 is 2.23 bits per heavy atom. The molecule has 0 aliphatic rings. The van der Waals surface area contributed by atoms with E-state index in [-0.39, 0.29) is 0 Å². The fourth-order valence-corrected chi connectivity index (χ4v) is 0.585. The van der Waals surface area contributed by atoms with E-state index in [1.165, 1.54) is 0 Å². The molecule has 0 saturated heterocycles. The van der Waals surface area contributed by atoms with Crippen LogP contribution in [0.1, 0.15) is 12.8 Å². The summed E-state index contributed by atoms with van der Waals surface area (Å²) in [6.45, 7) is 0.386. The number of hydrogen-bond donors (Lipinski definition) is 2. The Hall–Kier alpha value is -1.41. The van der Waals surface area contributed by atoms with Gasteiger partial charge in [0.15, 0.2) is 0 Å². The maximum atomic E-state index is 10.7. The zero-order chi connectivity index (χ0) is 10.3. The van der Waals surface area contributed by atoms with Gasteiger partial charge in [0, 0.05) is 0 Å². The SMILES string of the molecule is NCCCC(N)C(=O)OO[N+](=O)[O-]. The van der Waals surface area contributed by atoms with E-state index in [1.807, 2.05) is 0 Å². The minimum atomic E-state index is -1.24. The number of rotatable bonds is 6. The maximum Gasteiger partial charge on any atom is 0.359 e. The summed E-state index contributed by atoms with van der Waals surface area (Å²) in [7, 11) is 0. The van der Waals surface area contributed by atoms with Crippen LogP contribution in [-0.4, -0.2) is 23.6 Å². The molecule has 0 aromatic carbocycles. The summed E-state index contributed by atoms with van der Waals surface area (Å²) in [5.74, 6) is -0.981. The largest absolute Gasteiger partial charge is 0.359 e. The van der Waals surface area contributed by atoms with Crippen molar-refractivity contribution in [3.63, 3.8) is 0 Å². The molecule has 0 aliphatic heterocycles. The highest BCUT2D eigenvalue weighted by Crippen LogP contribution is 1.96. The van der Waals surface area contributed by atoms with Gasteiger partial charge in [0.25, 0.3) is 0 Å². The van der Waals surface area contributed by atoms with Gasteiger partial charge in [0.2, 0.25) is 0 Å². The molecule has 0 heterocycles. The fraction of sp³-hybridized carbons (Fsp3) is 0.800. The van der Waals surface area contributed by atoms with Crippen molar-refractivity contribution < 1.29 is 19.8 Å². The van der Waals surface area contributed by atoms with E-state index in [0.29, 0.717) is 19.4 Å². The summed E-state index contributed by atoms with van der Waals surface area (Å²) in [5.41, 5.74) is 10.4. The van der Waals surface area contributed by atoms with Crippen molar-refractivity contribution >= 4 is 5.97 Å².